The van der Waals surface area contributed by atoms with Gasteiger partial charge in [-0.1, -0.05) is 98.9 Å². The lowest BCUT2D eigenvalue weighted by atomic mass is 9.87. The number of allylic oxidation sites excluding steroid dienone is 12. The third kappa shape index (κ3) is 20.5. The molecule has 2 unspecified atom stereocenters. The first-order valence-corrected chi connectivity index (χ1v) is 23.6. The summed E-state index contributed by atoms with van der Waals surface area (Å²) in [4.78, 5) is 25.3. The van der Waals surface area contributed by atoms with Crippen LogP contribution in [0.3, 0.4) is 0 Å². The van der Waals surface area contributed by atoms with Crippen molar-refractivity contribution >= 4 is 12.0 Å². The van der Waals surface area contributed by atoms with Crippen LogP contribution in [0.15, 0.2) is 85.1 Å². The Labute approximate surface area is 404 Å². The Morgan fingerprint density at radius 1 is 0.681 bits per heavy atom. The van der Waals surface area contributed by atoms with Crippen LogP contribution in [0, 0.1) is 11.8 Å². The first kappa shape index (κ1) is 59.6. The van der Waals surface area contributed by atoms with Gasteiger partial charge >= 0.3 is 12.0 Å². The second kappa shape index (κ2) is 30.2. The van der Waals surface area contributed by atoms with Gasteiger partial charge in [-0.15, -0.1) is 0 Å². The maximum absolute atomic E-state index is 12.7. The van der Waals surface area contributed by atoms with E-state index in [1.54, 1.807) is 75.5 Å². The number of hydrogen-bond donors (Lipinski definition) is 15. The molecular formula is C48H79N5O16. The molecule has 16 N–H and O–H groups in total. The molecule has 0 radical (unpaired) electrons. The molecule has 2 amide bonds. The number of carbonyl (C=O) groups excluding carboxylic acids is 2. The Hall–Kier alpha value is -3.72. The van der Waals surface area contributed by atoms with Crippen molar-refractivity contribution < 1.29 is 79.6 Å². The highest BCUT2D eigenvalue weighted by Crippen LogP contribution is 2.35. The maximum atomic E-state index is 12.7. The quantitative estimate of drug-likeness (QED) is 0.0922. The molecule has 69 heavy (non-hydrogen) atoms. The number of aliphatic hydroxyl groups excluding tert-OH is 9. The molecule has 3 aliphatic rings. The highest BCUT2D eigenvalue weighted by molar-refractivity contribution is 5.74. The molecule has 0 aromatic carbocycles. The Balaban J connectivity index is 1.92. The van der Waals surface area contributed by atoms with Gasteiger partial charge in [0, 0.05) is 44.6 Å². The van der Waals surface area contributed by atoms with Gasteiger partial charge in [-0.25, -0.2) is 10.2 Å². The van der Waals surface area contributed by atoms with Crippen molar-refractivity contribution in [3.63, 3.8) is 0 Å². The van der Waals surface area contributed by atoms with E-state index in [1.807, 2.05) is 37.3 Å². The molecule has 0 spiro atoms. The number of aliphatic hydroxyl groups is 10. The van der Waals surface area contributed by atoms with E-state index in [9.17, 15) is 60.7 Å². The number of hydrazine groups is 2. The van der Waals surface area contributed by atoms with E-state index in [4.69, 9.17) is 24.8 Å². The van der Waals surface area contributed by atoms with Gasteiger partial charge in [-0.3, -0.25) is 10.6 Å². The summed E-state index contributed by atoms with van der Waals surface area (Å²) in [6.45, 7) is 6.80. The van der Waals surface area contributed by atoms with Crippen LogP contribution < -0.4 is 27.4 Å². The molecule has 392 valence electrons. The lowest BCUT2D eigenvalue weighted by Crippen LogP contribution is -2.66. The average Bonchev–Trinajstić information content (AvgIpc) is 3.28. The van der Waals surface area contributed by atoms with Crippen LogP contribution >= 0.6 is 0 Å². The minimum Gasteiger partial charge on any atom is -0.462 e. The second-order valence-corrected chi connectivity index (χ2v) is 18.2. The minimum atomic E-state index is -2.25. The predicted octanol–water partition coefficient (Wildman–Crippen LogP) is -0.682. The molecule has 19 atom stereocenters. The van der Waals surface area contributed by atoms with Crippen molar-refractivity contribution in [2.24, 2.45) is 17.7 Å². The predicted molar refractivity (Wildman–Crippen MR) is 254 cm³/mol. The Kier molecular flexibility index (Phi) is 26.1. The highest BCUT2D eigenvalue weighted by atomic mass is 16.7. The van der Waals surface area contributed by atoms with E-state index in [2.05, 4.69) is 21.6 Å². The fourth-order valence-electron chi connectivity index (χ4n) is 8.29. The summed E-state index contributed by atoms with van der Waals surface area (Å²) in [5.74, 6) is 1.73. The number of urea groups is 1. The summed E-state index contributed by atoms with van der Waals surface area (Å²) in [6, 6.07) is -2.87. The van der Waals surface area contributed by atoms with E-state index in [-0.39, 0.29) is 31.6 Å². The van der Waals surface area contributed by atoms with Crippen molar-refractivity contribution in [1.82, 2.24) is 21.6 Å². The fraction of sp³-hybridized carbons (Fsp3) is 0.667. The summed E-state index contributed by atoms with van der Waals surface area (Å²) in [6.07, 6.45) is 4.90. The fourth-order valence-corrected chi connectivity index (χ4v) is 8.29. The first-order valence-electron chi connectivity index (χ1n) is 23.6. The molecule has 3 aliphatic heterocycles. The largest absolute Gasteiger partial charge is 0.462 e. The molecule has 21 heteroatoms. The molecule has 0 aromatic rings. The number of cyclic esters (lactones) is 1. The topological polar surface area (TPSA) is 348 Å². The van der Waals surface area contributed by atoms with Crippen LogP contribution in [-0.4, -0.2) is 174 Å². The van der Waals surface area contributed by atoms with Gasteiger partial charge in [0.1, 0.15) is 12.2 Å². The van der Waals surface area contributed by atoms with Crippen LogP contribution in [0.2, 0.25) is 0 Å². The number of hydrogen-bond acceptors (Lipinski definition) is 19. The Morgan fingerprint density at radius 3 is 1.87 bits per heavy atom. The van der Waals surface area contributed by atoms with Gasteiger partial charge in [-0.05, 0) is 33.1 Å². The molecule has 0 aliphatic carbocycles. The van der Waals surface area contributed by atoms with Gasteiger partial charge in [0.25, 0.3) is 0 Å². The molecular weight excluding hydrogens is 903 g/mol. The van der Waals surface area contributed by atoms with Gasteiger partial charge in [0.05, 0.1) is 85.6 Å². The molecule has 2 saturated heterocycles. The van der Waals surface area contributed by atoms with Crippen LogP contribution in [0.5, 0.6) is 0 Å². The van der Waals surface area contributed by atoms with Crippen LogP contribution in [0.25, 0.3) is 0 Å². The summed E-state index contributed by atoms with van der Waals surface area (Å²) in [5, 5.41) is 115. The summed E-state index contributed by atoms with van der Waals surface area (Å²) < 4.78 is 23.8. The van der Waals surface area contributed by atoms with Crippen LogP contribution in [-0.2, 0) is 23.7 Å². The summed E-state index contributed by atoms with van der Waals surface area (Å²) in [7, 11) is 1.37. The second-order valence-electron chi connectivity index (χ2n) is 18.2. The van der Waals surface area contributed by atoms with Gasteiger partial charge in [0.2, 0.25) is 0 Å². The van der Waals surface area contributed by atoms with Crippen molar-refractivity contribution in [3.8, 4) is 0 Å². The summed E-state index contributed by atoms with van der Waals surface area (Å²) >= 11 is 0. The number of ether oxygens (including phenoxy) is 4. The molecule has 2 bridgehead atoms. The monoisotopic (exact) mass is 982 g/mol. The van der Waals surface area contributed by atoms with E-state index in [0.717, 1.165) is 0 Å². The Morgan fingerprint density at radius 2 is 1.28 bits per heavy atom. The molecule has 3 heterocycles. The molecule has 0 aromatic heterocycles. The molecule has 0 saturated carbocycles. The molecule has 2 fully saturated rings. The zero-order chi connectivity index (χ0) is 51.3. The third-order valence-electron chi connectivity index (χ3n) is 12.5. The van der Waals surface area contributed by atoms with Gasteiger partial charge in [0.15, 0.2) is 12.1 Å². The summed E-state index contributed by atoms with van der Waals surface area (Å²) in [5.41, 5.74) is 4.81. The lowest BCUT2D eigenvalue weighted by Gasteiger charge is -2.46. The molecule has 21 nitrogen and oxygen atoms in total. The number of rotatable bonds is 5. The minimum absolute atomic E-state index is 0.0949. The lowest BCUT2D eigenvalue weighted by molar-refractivity contribution is -0.304. The van der Waals surface area contributed by atoms with Crippen LogP contribution in [0.4, 0.5) is 4.79 Å². The van der Waals surface area contributed by atoms with E-state index in [1.165, 1.54) is 7.05 Å². The van der Waals surface area contributed by atoms with Crippen molar-refractivity contribution in [2.75, 3.05) is 7.05 Å². The van der Waals surface area contributed by atoms with Gasteiger partial charge in [-0.2, -0.15) is 5.53 Å². The normalized spacial score (nSPS) is 43.4. The SMILES string of the molecule is CNC(=O)N[C@H]1C2C[C@@H](O[C@@H]3O[C@H](C)[C@@H](O)[C@H](NNN)[C@@H]3O)/C=C/C=C/C=C/C=C/C=C/C=C/C=C/C(C)[C@@H](O)[C@@H](C)[C@H](C)OC(=O)C[C@H](O)C[C@H](O)CC[C@@H](O)[C@H](O)C[C@H](O)C[C@](O)(C[C@@H]1O)O2. The number of nitrogens with one attached hydrogen (secondary N) is 4. The number of nitrogens with two attached hydrogens (primary N) is 1. The standard InChI is InChI=1S/C48H79N5O16/c1-28-18-16-14-12-10-8-6-7-9-11-13-15-17-19-35(68-46-45(63)42(52-53-49)44(62)31(4)67-46)25-39-41(51-47(64)50-5)38(59)27-48(65,69-39)26-34(56)23-37(58)36(57)21-20-32(54)22-33(55)24-40(60)66-30(3)29(2)43(28)61/h6-19,28-39,41-46,52-59,61-63,65H,20-27,49H2,1-5H3,(H2,50,51,64)/b7-6+,10-8+,11-9+,14-12+,15-13+,18-16+,19-17+/t28?,29-,30-,31+,32+,33+,34-,35-,36+,37+,38-,39?,41+,42-,43+,44+,45-,46-,48+/m0/s1. The number of amides is 2. The van der Waals surface area contributed by atoms with E-state index < -0.39 is 147 Å². The number of esters is 1. The average molecular weight is 982 g/mol. The smallest absolute Gasteiger partial charge is 0.314 e. The zero-order valence-corrected chi connectivity index (χ0v) is 40.1. The maximum Gasteiger partial charge on any atom is 0.314 e. The van der Waals surface area contributed by atoms with Crippen molar-refractivity contribution in [3.05, 3.63) is 85.1 Å². The first-order chi connectivity index (χ1) is 32.7. The number of fused-ring (bicyclic) bond motifs is 2. The van der Waals surface area contributed by atoms with Crippen LogP contribution in [0.1, 0.15) is 79.1 Å². The molecule has 3 rings (SSSR count). The van der Waals surface area contributed by atoms with E-state index in [0.29, 0.717) is 0 Å². The van der Waals surface area contributed by atoms with E-state index >= 15 is 0 Å². The number of carbonyl (C=O) groups is 2. The van der Waals surface area contributed by atoms with Crippen molar-refractivity contribution in [1.29, 1.82) is 0 Å². The van der Waals surface area contributed by atoms with Crippen molar-refractivity contribution in [2.45, 2.75) is 183 Å². The highest BCUT2D eigenvalue weighted by Gasteiger charge is 2.49. The Bertz CT molecular complexity index is 1750. The zero-order valence-electron chi connectivity index (χ0n) is 40.1. The third-order valence-corrected chi connectivity index (χ3v) is 12.5. The van der Waals surface area contributed by atoms with Gasteiger partial charge < -0.3 is 80.6 Å².